The fourth-order valence-electron chi connectivity index (χ4n) is 4.63. The lowest BCUT2D eigenvalue weighted by atomic mass is 9.98. The highest BCUT2D eigenvalue weighted by Crippen LogP contribution is 2.28. The number of hydrogen-bond donors (Lipinski definition) is 1. The number of rotatable bonds is 6. The van der Waals surface area contributed by atoms with Crippen molar-refractivity contribution in [3.63, 3.8) is 0 Å². The minimum atomic E-state index is -3.59. The van der Waals surface area contributed by atoms with Crippen LogP contribution in [0.2, 0.25) is 0 Å². The Hall–Kier alpha value is -3.86. The van der Waals surface area contributed by atoms with Crippen LogP contribution < -0.4 is 10.2 Å². The molecule has 2 aliphatic rings. The highest BCUT2D eigenvalue weighted by atomic mass is 32.2. The van der Waals surface area contributed by atoms with Gasteiger partial charge in [-0.3, -0.25) is 9.59 Å². The average molecular weight is 524 g/mol. The molecule has 5 rings (SSSR count). The molecule has 192 valence electrons. The maximum atomic E-state index is 13.2. The molecule has 0 radical (unpaired) electrons. The van der Waals surface area contributed by atoms with Crippen LogP contribution in [0.25, 0.3) is 0 Å². The molecule has 37 heavy (non-hydrogen) atoms. The highest BCUT2D eigenvalue weighted by molar-refractivity contribution is 7.92. The Morgan fingerprint density at radius 1 is 0.919 bits per heavy atom. The summed E-state index contributed by atoms with van der Waals surface area (Å²) >= 11 is 0. The predicted octanol–water partition coefficient (Wildman–Crippen LogP) is 2.77. The molecule has 1 N–H and O–H groups in total. The zero-order valence-corrected chi connectivity index (χ0v) is 20.8. The summed E-state index contributed by atoms with van der Waals surface area (Å²) in [6, 6.07) is 13.4. The lowest BCUT2D eigenvalue weighted by Gasteiger charge is -2.39. The van der Waals surface area contributed by atoms with Crippen molar-refractivity contribution in [3.8, 4) is 0 Å². The lowest BCUT2D eigenvalue weighted by molar-refractivity contribution is -0.120. The standard InChI is InChI=1S/C26H26FN5O4S/c27-20-3-1-18(2-4-20)26(34)31-13-10-24(11-14-31)37(35,36)23-7-5-21(6-8-23)30-25(33)19-16-32(17-19)22-9-12-28-29-15-22/h1-9,12,15,19,24H,10-11,13-14,16-17H2,(H,30,33). The number of sulfone groups is 1. The van der Waals surface area contributed by atoms with Gasteiger partial charge in [-0.1, -0.05) is 0 Å². The fourth-order valence-corrected chi connectivity index (χ4v) is 6.37. The Labute approximate surface area is 214 Å². The molecule has 3 heterocycles. The summed E-state index contributed by atoms with van der Waals surface area (Å²) in [5.74, 6) is -0.935. The molecule has 0 unspecified atom stereocenters. The van der Waals surface area contributed by atoms with Crippen LogP contribution in [0.1, 0.15) is 23.2 Å². The SMILES string of the molecule is O=C(Nc1ccc(S(=O)(=O)C2CCN(C(=O)c3ccc(F)cc3)CC2)cc1)C1CN(c2ccnnc2)C1. The van der Waals surface area contributed by atoms with Crippen molar-refractivity contribution >= 4 is 33.0 Å². The number of carbonyl (C=O) groups excluding carboxylic acids is 2. The van der Waals surface area contributed by atoms with Gasteiger partial charge in [0.2, 0.25) is 5.91 Å². The zero-order chi connectivity index (χ0) is 26.0. The molecule has 2 amide bonds. The van der Waals surface area contributed by atoms with E-state index < -0.39 is 20.9 Å². The molecule has 11 heteroatoms. The molecule has 2 saturated heterocycles. The van der Waals surface area contributed by atoms with Gasteiger partial charge in [0.25, 0.3) is 5.91 Å². The molecule has 9 nitrogen and oxygen atoms in total. The van der Waals surface area contributed by atoms with Crippen LogP contribution >= 0.6 is 0 Å². The van der Waals surface area contributed by atoms with Gasteiger partial charge in [0.1, 0.15) is 5.82 Å². The summed E-state index contributed by atoms with van der Waals surface area (Å²) in [7, 11) is -3.59. The fraction of sp³-hybridized carbons (Fsp3) is 0.308. The van der Waals surface area contributed by atoms with E-state index in [1.165, 1.54) is 36.4 Å². The first-order valence-corrected chi connectivity index (χ1v) is 13.6. The summed E-state index contributed by atoms with van der Waals surface area (Å²) in [5, 5.41) is 9.85. The molecule has 3 aromatic rings. The number of carbonyl (C=O) groups is 2. The maximum Gasteiger partial charge on any atom is 0.253 e. The molecule has 0 bridgehead atoms. The molecule has 1 aromatic heterocycles. The van der Waals surface area contributed by atoms with E-state index in [0.717, 1.165) is 5.69 Å². The smallest absolute Gasteiger partial charge is 0.253 e. The zero-order valence-electron chi connectivity index (χ0n) is 20.0. The van der Waals surface area contributed by atoms with E-state index in [0.29, 0.717) is 50.3 Å². The monoisotopic (exact) mass is 523 g/mol. The predicted molar refractivity (Wildman–Crippen MR) is 135 cm³/mol. The number of hydrogen-bond acceptors (Lipinski definition) is 7. The minimum absolute atomic E-state index is 0.118. The first kappa shape index (κ1) is 24.8. The van der Waals surface area contributed by atoms with Crippen molar-refractivity contribution in [2.24, 2.45) is 5.92 Å². The topological polar surface area (TPSA) is 113 Å². The van der Waals surface area contributed by atoms with E-state index >= 15 is 0 Å². The third-order valence-corrected chi connectivity index (χ3v) is 9.17. The van der Waals surface area contributed by atoms with E-state index in [9.17, 15) is 22.4 Å². The van der Waals surface area contributed by atoms with Crippen LogP contribution in [0.3, 0.4) is 0 Å². The quantitative estimate of drug-likeness (QED) is 0.529. The van der Waals surface area contributed by atoms with Crippen LogP contribution in [0.4, 0.5) is 15.8 Å². The van der Waals surface area contributed by atoms with Crippen LogP contribution in [0, 0.1) is 11.7 Å². The van der Waals surface area contributed by atoms with Gasteiger partial charge in [0.05, 0.1) is 34.1 Å². The molecule has 2 fully saturated rings. The normalized spacial score (nSPS) is 16.8. The van der Waals surface area contributed by atoms with E-state index in [2.05, 4.69) is 15.5 Å². The number of amides is 2. The van der Waals surface area contributed by atoms with Gasteiger partial charge < -0.3 is 15.1 Å². The molecule has 0 saturated carbocycles. The summed E-state index contributed by atoms with van der Waals surface area (Å²) in [6.45, 7) is 1.77. The van der Waals surface area contributed by atoms with Gasteiger partial charge in [0, 0.05) is 37.4 Å². The molecule has 2 aliphatic heterocycles. The van der Waals surface area contributed by atoms with Crippen LogP contribution in [0.5, 0.6) is 0 Å². The van der Waals surface area contributed by atoms with Gasteiger partial charge in [0.15, 0.2) is 9.84 Å². The van der Waals surface area contributed by atoms with E-state index in [4.69, 9.17) is 0 Å². The van der Waals surface area contributed by atoms with Crippen LogP contribution in [-0.2, 0) is 14.6 Å². The van der Waals surface area contributed by atoms with Gasteiger partial charge in [-0.15, -0.1) is 0 Å². The second-order valence-electron chi connectivity index (χ2n) is 9.26. The molecule has 0 spiro atoms. The number of piperidine rings is 1. The Kier molecular flexibility index (Phi) is 6.88. The summed E-state index contributed by atoms with van der Waals surface area (Å²) in [5.41, 5.74) is 1.83. The molecular weight excluding hydrogens is 497 g/mol. The third kappa shape index (κ3) is 5.31. The Bertz CT molecular complexity index is 1370. The molecule has 0 atom stereocenters. The van der Waals surface area contributed by atoms with Crippen LogP contribution in [0.15, 0.2) is 71.9 Å². The number of nitrogens with one attached hydrogen (secondary N) is 1. The molecule has 2 aromatic carbocycles. The second kappa shape index (κ2) is 10.3. The van der Waals surface area contributed by atoms with Crippen LogP contribution in [-0.4, -0.2) is 66.8 Å². The number of anilines is 2. The van der Waals surface area contributed by atoms with Crippen molar-refractivity contribution in [3.05, 3.63) is 78.4 Å². The number of benzene rings is 2. The summed E-state index contributed by atoms with van der Waals surface area (Å²) in [6.07, 6.45) is 3.90. The Balaban J connectivity index is 1.14. The van der Waals surface area contributed by atoms with E-state index in [1.807, 2.05) is 11.0 Å². The maximum absolute atomic E-state index is 13.2. The largest absolute Gasteiger partial charge is 0.368 e. The van der Waals surface area contributed by atoms with E-state index in [1.54, 1.807) is 29.4 Å². The number of aromatic nitrogens is 2. The van der Waals surface area contributed by atoms with Gasteiger partial charge in [-0.25, -0.2) is 12.8 Å². The highest BCUT2D eigenvalue weighted by Gasteiger charge is 2.34. The van der Waals surface area contributed by atoms with E-state index in [-0.39, 0.29) is 22.6 Å². The van der Waals surface area contributed by atoms with Gasteiger partial charge >= 0.3 is 0 Å². The summed E-state index contributed by atoms with van der Waals surface area (Å²) < 4.78 is 39.5. The first-order valence-electron chi connectivity index (χ1n) is 12.0. The third-order valence-electron chi connectivity index (χ3n) is 6.90. The minimum Gasteiger partial charge on any atom is -0.368 e. The van der Waals surface area contributed by atoms with Crippen molar-refractivity contribution in [1.82, 2.24) is 15.1 Å². The lowest BCUT2D eigenvalue weighted by Crippen LogP contribution is -2.52. The Morgan fingerprint density at radius 3 is 2.22 bits per heavy atom. The van der Waals surface area contributed by atoms with Crippen molar-refractivity contribution in [1.29, 1.82) is 0 Å². The summed E-state index contributed by atoms with van der Waals surface area (Å²) in [4.78, 5) is 29.0. The second-order valence-corrected chi connectivity index (χ2v) is 11.5. The molecule has 0 aliphatic carbocycles. The van der Waals surface area contributed by atoms with Crippen molar-refractivity contribution < 1.29 is 22.4 Å². The number of nitrogens with zero attached hydrogens (tertiary/aromatic N) is 4. The first-order chi connectivity index (χ1) is 17.8. The number of likely N-dealkylation sites (tertiary alicyclic amines) is 1. The molecular formula is C26H26FN5O4S. The van der Waals surface area contributed by atoms with Gasteiger partial charge in [-0.2, -0.15) is 10.2 Å². The Morgan fingerprint density at radius 2 is 1.59 bits per heavy atom. The van der Waals surface area contributed by atoms with Crippen molar-refractivity contribution in [2.45, 2.75) is 23.0 Å². The average Bonchev–Trinajstić information content (AvgIpc) is 2.89. The number of halogens is 1. The van der Waals surface area contributed by atoms with Crippen molar-refractivity contribution in [2.75, 3.05) is 36.4 Å². The van der Waals surface area contributed by atoms with Gasteiger partial charge in [-0.05, 0) is 67.4 Å².